The van der Waals surface area contributed by atoms with Gasteiger partial charge in [-0.05, 0) is 49.9 Å². The summed E-state index contributed by atoms with van der Waals surface area (Å²) in [6, 6.07) is 4.64. The molecule has 0 aliphatic rings. The Balaban J connectivity index is 2.02. The van der Waals surface area contributed by atoms with Gasteiger partial charge in [-0.15, -0.1) is 0 Å². The van der Waals surface area contributed by atoms with Gasteiger partial charge in [-0.3, -0.25) is 4.79 Å². The van der Waals surface area contributed by atoms with Gasteiger partial charge < -0.3 is 14.9 Å². The van der Waals surface area contributed by atoms with Gasteiger partial charge in [-0.25, -0.2) is 0 Å². The van der Waals surface area contributed by atoms with Crippen LogP contribution in [0.5, 0.6) is 11.5 Å². The zero-order chi connectivity index (χ0) is 15.5. The van der Waals surface area contributed by atoms with Crippen LogP contribution < -0.4 is 0 Å². The standard InChI is InChI=1S/C17H26O4/c1-2-21-17(20)10-8-6-4-3-5-7-9-14-13-15(18)11-12-16(14)19/h11-13,18-19H,2-10H2,1H3. The molecule has 118 valence electrons. The van der Waals surface area contributed by atoms with Crippen LogP contribution in [0.3, 0.4) is 0 Å². The van der Waals surface area contributed by atoms with Crippen LogP contribution in [0.2, 0.25) is 0 Å². The maximum atomic E-state index is 11.1. The molecule has 21 heavy (non-hydrogen) atoms. The summed E-state index contributed by atoms with van der Waals surface area (Å²) in [5, 5.41) is 19.0. The van der Waals surface area contributed by atoms with Gasteiger partial charge in [0.25, 0.3) is 0 Å². The van der Waals surface area contributed by atoms with Crippen molar-refractivity contribution in [3.63, 3.8) is 0 Å². The van der Waals surface area contributed by atoms with Gasteiger partial charge in [-0.2, -0.15) is 0 Å². The minimum atomic E-state index is -0.100. The molecule has 2 N–H and O–H groups in total. The normalized spacial score (nSPS) is 10.5. The van der Waals surface area contributed by atoms with Crippen LogP contribution in [0.1, 0.15) is 57.4 Å². The molecule has 0 saturated heterocycles. The number of esters is 1. The first-order chi connectivity index (χ1) is 10.1. The monoisotopic (exact) mass is 294 g/mol. The van der Waals surface area contributed by atoms with Crippen molar-refractivity contribution in [2.75, 3.05) is 6.61 Å². The summed E-state index contributed by atoms with van der Waals surface area (Å²) >= 11 is 0. The van der Waals surface area contributed by atoms with E-state index in [0.717, 1.165) is 50.5 Å². The third-order valence-corrected chi connectivity index (χ3v) is 3.45. The van der Waals surface area contributed by atoms with E-state index in [9.17, 15) is 15.0 Å². The Labute approximate surface area is 126 Å². The second-order valence-corrected chi connectivity index (χ2v) is 5.24. The van der Waals surface area contributed by atoms with Crippen LogP contribution in [0, 0.1) is 0 Å². The predicted molar refractivity (Wildman–Crippen MR) is 82.4 cm³/mol. The van der Waals surface area contributed by atoms with Crippen LogP contribution in [0.4, 0.5) is 0 Å². The number of ether oxygens (including phenoxy) is 1. The molecule has 0 amide bonds. The number of aryl methyl sites for hydroxylation is 1. The highest BCUT2D eigenvalue weighted by atomic mass is 16.5. The van der Waals surface area contributed by atoms with Crippen LogP contribution in [-0.4, -0.2) is 22.8 Å². The number of aromatic hydroxyl groups is 2. The summed E-state index contributed by atoms with van der Waals surface area (Å²) in [5.41, 5.74) is 0.803. The second kappa shape index (κ2) is 10.1. The molecule has 0 bridgehead atoms. The minimum absolute atomic E-state index is 0.100. The van der Waals surface area contributed by atoms with E-state index in [2.05, 4.69) is 0 Å². The molecule has 0 unspecified atom stereocenters. The first kappa shape index (κ1) is 17.3. The van der Waals surface area contributed by atoms with Crippen molar-refractivity contribution in [3.8, 4) is 11.5 Å². The second-order valence-electron chi connectivity index (χ2n) is 5.24. The quantitative estimate of drug-likeness (QED) is 0.390. The van der Waals surface area contributed by atoms with Crippen molar-refractivity contribution in [1.29, 1.82) is 0 Å². The highest BCUT2D eigenvalue weighted by Gasteiger charge is 2.03. The Morgan fingerprint density at radius 1 is 1.05 bits per heavy atom. The van der Waals surface area contributed by atoms with Gasteiger partial charge in [0.05, 0.1) is 6.61 Å². The lowest BCUT2D eigenvalue weighted by Crippen LogP contribution is -2.03. The fourth-order valence-corrected chi connectivity index (χ4v) is 2.30. The van der Waals surface area contributed by atoms with E-state index in [0.29, 0.717) is 13.0 Å². The summed E-state index contributed by atoms with van der Waals surface area (Å²) in [5.74, 6) is 0.348. The summed E-state index contributed by atoms with van der Waals surface area (Å²) in [6.07, 6.45) is 7.58. The molecule has 0 fully saturated rings. The molecular weight excluding hydrogens is 268 g/mol. The number of hydrogen-bond donors (Lipinski definition) is 2. The SMILES string of the molecule is CCOC(=O)CCCCCCCCc1cc(O)ccc1O. The van der Waals surface area contributed by atoms with E-state index in [1.807, 2.05) is 6.92 Å². The van der Waals surface area contributed by atoms with Crippen LogP contribution in [0.25, 0.3) is 0 Å². The summed E-state index contributed by atoms with van der Waals surface area (Å²) in [4.78, 5) is 11.1. The maximum Gasteiger partial charge on any atom is 0.305 e. The van der Waals surface area contributed by atoms with Gasteiger partial charge in [-0.1, -0.05) is 25.7 Å². The maximum absolute atomic E-state index is 11.1. The molecule has 1 aromatic rings. The van der Waals surface area contributed by atoms with E-state index < -0.39 is 0 Å². The fourth-order valence-electron chi connectivity index (χ4n) is 2.30. The average molecular weight is 294 g/mol. The number of phenols is 2. The zero-order valence-electron chi connectivity index (χ0n) is 12.8. The lowest BCUT2D eigenvalue weighted by molar-refractivity contribution is -0.143. The Hall–Kier alpha value is -1.71. The van der Waals surface area contributed by atoms with Crippen LogP contribution in [0.15, 0.2) is 18.2 Å². The molecule has 0 spiro atoms. The van der Waals surface area contributed by atoms with Gasteiger partial charge in [0.15, 0.2) is 0 Å². The molecule has 0 aliphatic carbocycles. The van der Waals surface area contributed by atoms with Crippen LogP contribution in [-0.2, 0) is 16.0 Å². The number of hydrogen-bond acceptors (Lipinski definition) is 4. The molecule has 1 aromatic carbocycles. The number of carbonyl (C=O) groups is 1. The molecule has 0 heterocycles. The highest BCUT2D eigenvalue weighted by Crippen LogP contribution is 2.24. The smallest absolute Gasteiger partial charge is 0.305 e. The van der Waals surface area contributed by atoms with E-state index in [1.165, 1.54) is 12.1 Å². The molecule has 0 saturated carbocycles. The minimum Gasteiger partial charge on any atom is -0.508 e. The topological polar surface area (TPSA) is 66.8 Å². The first-order valence-corrected chi connectivity index (χ1v) is 7.80. The Morgan fingerprint density at radius 2 is 1.71 bits per heavy atom. The van der Waals surface area contributed by atoms with E-state index in [4.69, 9.17) is 4.74 Å². The predicted octanol–water partition coefficient (Wildman–Crippen LogP) is 3.93. The van der Waals surface area contributed by atoms with E-state index in [-0.39, 0.29) is 17.5 Å². The third-order valence-electron chi connectivity index (χ3n) is 3.45. The molecule has 0 atom stereocenters. The summed E-state index contributed by atoms with van der Waals surface area (Å²) < 4.78 is 4.87. The number of phenolic OH excluding ortho intramolecular Hbond substituents is 2. The highest BCUT2D eigenvalue weighted by molar-refractivity contribution is 5.69. The number of rotatable bonds is 10. The molecule has 1 rings (SSSR count). The third kappa shape index (κ3) is 7.59. The largest absolute Gasteiger partial charge is 0.508 e. The van der Waals surface area contributed by atoms with Gasteiger partial charge in [0.1, 0.15) is 11.5 Å². The van der Waals surface area contributed by atoms with E-state index >= 15 is 0 Å². The molecule has 0 radical (unpaired) electrons. The van der Waals surface area contributed by atoms with Crippen LogP contribution >= 0.6 is 0 Å². The lowest BCUT2D eigenvalue weighted by Gasteiger charge is -2.05. The summed E-state index contributed by atoms with van der Waals surface area (Å²) in [6.45, 7) is 2.28. The number of benzene rings is 1. The van der Waals surface area contributed by atoms with Crippen molar-refractivity contribution >= 4 is 5.97 Å². The molecule has 0 aromatic heterocycles. The molecule has 4 nitrogen and oxygen atoms in total. The van der Waals surface area contributed by atoms with Gasteiger partial charge >= 0.3 is 5.97 Å². The lowest BCUT2D eigenvalue weighted by atomic mass is 10.0. The van der Waals surface area contributed by atoms with Gasteiger partial charge in [0.2, 0.25) is 0 Å². The number of carbonyl (C=O) groups excluding carboxylic acids is 1. The Morgan fingerprint density at radius 3 is 2.43 bits per heavy atom. The average Bonchev–Trinajstić information content (AvgIpc) is 2.45. The van der Waals surface area contributed by atoms with Gasteiger partial charge in [0, 0.05) is 6.42 Å². The van der Waals surface area contributed by atoms with Crippen molar-refractivity contribution < 1.29 is 19.7 Å². The fraction of sp³-hybridized carbons (Fsp3) is 0.588. The number of unbranched alkanes of at least 4 members (excludes halogenated alkanes) is 5. The molecular formula is C17H26O4. The Bertz CT molecular complexity index is 429. The van der Waals surface area contributed by atoms with Crippen molar-refractivity contribution in [2.24, 2.45) is 0 Å². The first-order valence-electron chi connectivity index (χ1n) is 7.80. The zero-order valence-corrected chi connectivity index (χ0v) is 12.8. The summed E-state index contributed by atoms with van der Waals surface area (Å²) in [7, 11) is 0. The Kier molecular flexibility index (Phi) is 8.32. The van der Waals surface area contributed by atoms with Crippen molar-refractivity contribution in [1.82, 2.24) is 0 Å². The van der Waals surface area contributed by atoms with Crippen molar-refractivity contribution in [3.05, 3.63) is 23.8 Å². The van der Waals surface area contributed by atoms with Crippen molar-refractivity contribution in [2.45, 2.75) is 58.3 Å². The molecule has 4 heteroatoms. The van der Waals surface area contributed by atoms with E-state index in [1.54, 1.807) is 6.07 Å². The molecule has 0 aliphatic heterocycles.